The van der Waals surface area contributed by atoms with Crippen LogP contribution in [0.3, 0.4) is 0 Å². The number of amidine groups is 1. The minimum atomic E-state index is -0.182. The van der Waals surface area contributed by atoms with Crippen LogP contribution in [-0.4, -0.2) is 10.4 Å². The average molecular weight is 705 g/mol. The highest BCUT2D eigenvalue weighted by Gasteiger charge is 2.25. The Morgan fingerprint density at radius 1 is 0.418 bits per heavy atom. The zero-order chi connectivity index (χ0) is 36.3. The van der Waals surface area contributed by atoms with E-state index in [1.165, 1.54) is 65.3 Å². The van der Waals surface area contributed by atoms with E-state index < -0.39 is 0 Å². The summed E-state index contributed by atoms with van der Waals surface area (Å²) in [6.07, 6.45) is -0.305. The maximum atomic E-state index is 5.16. The normalized spacial score (nSPS) is 15.8. The van der Waals surface area contributed by atoms with E-state index in [4.69, 9.17) is 4.99 Å². The molecule has 1 aliphatic heterocycles. The molecule has 2 unspecified atom stereocenters. The summed E-state index contributed by atoms with van der Waals surface area (Å²) in [6, 6.07) is 70.0. The summed E-state index contributed by atoms with van der Waals surface area (Å²) in [7, 11) is 0. The molecular formula is C51H36N4. The summed E-state index contributed by atoms with van der Waals surface area (Å²) in [5.41, 5.74) is 9.30. The topological polar surface area (TPSA) is 41.4 Å². The molecule has 2 heterocycles. The molecular weight excluding hydrogens is 669 g/mol. The quantitative estimate of drug-likeness (QED) is 0.187. The summed E-state index contributed by atoms with van der Waals surface area (Å²) < 4.78 is 2.43. The summed E-state index contributed by atoms with van der Waals surface area (Å²) in [5, 5.41) is 17.6. The number of aliphatic imine (C=N–C) groups is 1. The molecule has 0 bridgehead atoms. The van der Waals surface area contributed by atoms with Gasteiger partial charge in [-0.15, -0.1) is 0 Å². The lowest BCUT2D eigenvalue weighted by Crippen LogP contribution is -2.44. The van der Waals surface area contributed by atoms with Gasteiger partial charge in [-0.05, 0) is 84.9 Å². The molecule has 260 valence electrons. The molecule has 4 nitrogen and oxygen atoms in total. The zero-order valence-corrected chi connectivity index (χ0v) is 30.0. The second-order valence-corrected chi connectivity index (χ2v) is 14.5. The van der Waals surface area contributed by atoms with Gasteiger partial charge in [0.2, 0.25) is 0 Å². The minimum Gasteiger partial charge on any atom is -0.350 e. The van der Waals surface area contributed by atoms with Gasteiger partial charge in [0.05, 0.1) is 11.0 Å². The van der Waals surface area contributed by atoms with Gasteiger partial charge in [-0.25, -0.2) is 4.99 Å². The Labute approximate surface area is 319 Å². The van der Waals surface area contributed by atoms with E-state index >= 15 is 0 Å². The fourth-order valence-corrected chi connectivity index (χ4v) is 8.52. The van der Waals surface area contributed by atoms with Crippen molar-refractivity contribution in [1.82, 2.24) is 15.2 Å². The first-order valence-electron chi connectivity index (χ1n) is 18.9. The second-order valence-electron chi connectivity index (χ2n) is 14.5. The van der Waals surface area contributed by atoms with Gasteiger partial charge < -0.3 is 9.88 Å². The first kappa shape index (κ1) is 31.5. The Morgan fingerprint density at radius 3 is 1.60 bits per heavy atom. The van der Waals surface area contributed by atoms with Crippen LogP contribution in [0.25, 0.3) is 70.9 Å². The molecule has 10 aromatic rings. The van der Waals surface area contributed by atoms with Gasteiger partial charge in [-0.2, -0.15) is 0 Å². The van der Waals surface area contributed by atoms with Crippen molar-refractivity contribution in [2.24, 2.45) is 4.99 Å². The maximum absolute atomic E-state index is 5.16. The van der Waals surface area contributed by atoms with E-state index in [-0.39, 0.29) is 12.3 Å². The number of nitrogens with one attached hydrogen (secondary N) is 2. The largest absolute Gasteiger partial charge is 0.350 e. The van der Waals surface area contributed by atoms with E-state index in [1.54, 1.807) is 0 Å². The molecule has 55 heavy (non-hydrogen) atoms. The third-order valence-corrected chi connectivity index (χ3v) is 11.3. The molecule has 0 saturated heterocycles. The van der Waals surface area contributed by atoms with Crippen molar-refractivity contribution in [3.05, 3.63) is 211 Å². The van der Waals surface area contributed by atoms with E-state index in [2.05, 4.69) is 203 Å². The molecule has 0 aliphatic carbocycles. The van der Waals surface area contributed by atoms with Gasteiger partial charge in [0.15, 0.2) is 0 Å². The monoisotopic (exact) mass is 704 g/mol. The molecule has 4 heteroatoms. The molecule has 11 rings (SSSR count). The second kappa shape index (κ2) is 12.8. The van der Waals surface area contributed by atoms with Gasteiger partial charge in [-0.1, -0.05) is 164 Å². The lowest BCUT2D eigenvalue weighted by molar-refractivity contribution is 0.409. The number of fused-ring (bicyclic) bond motifs is 8. The zero-order valence-electron chi connectivity index (χ0n) is 30.0. The highest BCUT2D eigenvalue weighted by Crippen LogP contribution is 2.40. The predicted molar refractivity (Wildman–Crippen MR) is 230 cm³/mol. The third kappa shape index (κ3) is 5.38. The SMILES string of the molecule is c1ccc(C2N=C(c3ccc4ccccc4c3)NC(c3ccc(-c4ccc(-n5c6ccc7ccccc7c6c6c7ccccc7ccc65)cc4)cc3)N2)cc1. The van der Waals surface area contributed by atoms with E-state index in [0.717, 1.165) is 28.2 Å². The lowest BCUT2D eigenvalue weighted by Gasteiger charge is -2.32. The fraction of sp³-hybridized carbons (Fsp3) is 0.0392. The molecule has 1 aromatic heterocycles. The average Bonchev–Trinajstić information content (AvgIpc) is 3.62. The van der Waals surface area contributed by atoms with E-state index in [9.17, 15) is 0 Å². The number of hydrogen-bond donors (Lipinski definition) is 2. The highest BCUT2D eigenvalue weighted by molar-refractivity contribution is 6.28. The van der Waals surface area contributed by atoms with Gasteiger partial charge in [0.25, 0.3) is 0 Å². The van der Waals surface area contributed by atoms with Crippen LogP contribution in [0.2, 0.25) is 0 Å². The van der Waals surface area contributed by atoms with Crippen molar-refractivity contribution < 1.29 is 0 Å². The summed E-state index contributed by atoms with van der Waals surface area (Å²) in [5.74, 6) is 0.883. The Hall–Kier alpha value is -7.01. The molecule has 0 saturated carbocycles. The van der Waals surface area contributed by atoms with Crippen LogP contribution in [0.1, 0.15) is 29.0 Å². The summed E-state index contributed by atoms with van der Waals surface area (Å²) >= 11 is 0. The number of benzene rings is 9. The number of nitrogens with zero attached hydrogens (tertiary/aromatic N) is 2. The number of rotatable bonds is 5. The van der Waals surface area contributed by atoms with Crippen molar-refractivity contribution in [1.29, 1.82) is 0 Å². The molecule has 1 aliphatic rings. The smallest absolute Gasteiger partial charge is 0.131 e. The van der Waals surface area contributed by atoms with Crippen molar-refractivity contribution in [2.75, 3.05) is 0 Å². The molecule has 2 N–H and O–H groups in total. The van der Waals surface area contributed by atoms with Crippen LogP contribution in [0.4, 0.5) is 0 Å². The number of aromatic nitrogens is 1. The Bertz CT molecular complexity index is 2990. The maximum Gasteiger partial charge on any atom is 0.131 e. The predicted octanol–water partition coefficient (Wildman–Crippen LogP) is 12.2. The summed E-state index contributed by atoms with van der Waals surface area (Å²) in [4.78, 5) is 5.16. The van der Waals surface area contributed by atoms with Crippen LogP contribution < -0.4 is 10.6 Å². The van der Waals surface area contributed by atoms with Crippen LogP contribution in [0.15, 0.2) is 199 Å². The molecule has 0 radical (unpaired) electrons. The van der Waals surface area contributed by atoms with Crippen molar-refractivity contribution in [3.8, 4) is 16.8 Å². The Kier molecular flexibility index (Phi) is 7.35. The standard InChI is InChI=1S/C51H36N4/c1-2-13-38(14-3-1)49-52-50(54-51(53-49)41-23-20-33-10-4-5-15-40(33)32-41)39-21-18-34(19-22-39)35-24-28-42(29-25-35)55-45-30-26-36-11-6-8-16-43(36)47(45)48-44-17-9-7-12-37(44)27-31-46(48)55/h1-32,49-50,52H,(H,53,54). The van der Waals surface area contributed by atoms with E-state index in [0.29, 0.717) is 0 Å². The molecule has 9 aromatic carbocycles. The van der Waals surface area contributed by atoms with Gasteiger partial charge in [-0.3, -0.25) is 5.32 Å². The first-order chi connectivity index (χ1) is 27.2. The van der Waals surface area contributed by atoms with E-state index in [1.807, 2.05) is 6.07 Å². The third-order valence-electron chi connectivity index (χ3n) is 11.3. The lowest BCUT2D eigenvalue weighted by atomic mass is 10.00. The Morgan fingerprint density at radius 2 is 0.945 bits per heavy atom. The van der Waals surface area contributed by atoms with Gasteiger partial charge in [0, 0.05) is 22.0 Å². The highest BCUT2D eigenvalue weighted by atomic mass is 15.3. The summed E-state index contributed by atoms with van der Waals surface area (Å²) in [6.45, 7) is 0. The molecule has 0 amide bonds. The van der Waals surface area contributed by atoms with Crippen LogP contribution in [-0.2, 0) is 0 Å². The molecule has 0 spiro atoms. The van der Waals surface area contributed by atoms with Gasteiger partial charge >= 0.3 is 0 Å². The van der Waals surface area contributed by atoms with Crippen molar-refractivity contribution >= 4 is 60.0 Å². The molecule has 2 atom stereocenters. The number of hydrogen-bond acceptors (Lipinski definition) is 3. The molecule has 0 fully saturated rings. The first-order valence-corrected chi connectivity index (χ1v) is 18.9. The van der Waals surface area contributed by atoms with Gasteiger partial charge in [0.1, 0.15) is 18.2 Å². The Balaban J connectivity index is 0.937. The van der Waals surface area contributed by atoms with Crippen LogP contribution >= 0.6 is 0 Å². The minimum absolute atomic E-state index is 0.122. The van der Waals surface area contributed by atoms with Crippen LogP contribution in [0, 0.1) is 0 Å². The van der Waals surface area contributed by atoms with Crippen molar-refractivity contribution in [2.45, 2.75) is 12.3 Å². The van der Waals surface area contributed by atoms with Crippen molar-refractivity contribution in [3.63, 3.8) is 0 Å². The fourth-order valence-electron chi connectivity index (χ4n) is 8.52. The van der Waals surface area contributed by atoms with Crippen LogP contribution in [0.5, 0.6) is 0 Å².